The van der Waals surface area contributed by atoms with E-state index in [2.05, 4.69) is 5.32 Å². The molecule has 4 rings (SSSR count). The fourth-order valence-electron chi connectivity index (χ4n) is 3.59. The molecule has 0 saturated heterocycles. The number of carbonyl (C=O) groups excluding carboxylic acids is 2. The van der Waals surface area contributed by atoms with E-state index < -0.39 is 23.7 Å². The molecule has 33 heavy (non-hydrogen) atoms. The standard InChI is InChI=1S/C26H23NO6/c1-3-21(27-26(30)31-15-17-9-5-4-6-10-17)25(29)32-22-14-13-19-18-11-7-8-12-20(18)24(28)33-23(19)16(22)2/h4-14,21H,3,15H2,1-2H3,(H,27,30)/t21-/m0/s1. The van der Waals surface area contributed by atoms with Crippen LogP contribution in [0.4, 0.5) is 4.79 Å². The summed E-state index contributed by atoms with van der Waals surface area (Å²) in [5.74, 6) is -0.386. The Balaban J connectivity index is 1.50. The molecule has 0 bridgehead atoms. The number of fused-ring (bicyclic) bond motifs is 3. The molecule has 7 heteroatoms. The Bertz CT molecular complexity index is 1380. The van der Waals surface area contributed by atoms with Gasteiger partial charge in [0.25, 0.3) is 0 Å². The van der Waals surface area contributed by atoms with Crippen LogP contribution in [0, 0.1) is 6.92 Å². The lowest BCUT2D eigenvalue weighted by atomic mass is 10.0. The smallest absolute Gasteiger partial charge is 0.408 e. The van der Waals surface area contributed by atoms with Gasteiger partial charge in [-0.3, -0.25) is 0 Å². The van der Waals surface area contributed by atoms with E-state index in [-0.39, 0.29) is 12.4 Å². The Morgan fingerprint density at radius 2 is 1.64 bits per heavy atom. The van der Waals surface area contributed by atoms with Crippen LogP contribution in [0.5, 0.6) is 5.75 Å². The quantitative estimate of drug-likeness (QED) is 0.197. The van der Waals surface area contributed by atoms with Gasteiger partial charge in [-0.2, -0.15) is 0 Å². The van der Waals surface area contributed by atoms with E-state index in [0.717, 1.165) is 16.3 Å². The van der Waals surface area contributed by atoms with Crippen molar-refractivity contribution in [1.82, 2.24) is 5.32 Å². The summed E-state index contributed by atoms with van der Waals surface area (Å²) in [6.45, 7) is 3.56. The van der Waals surface area contributed by atoms with E-state index in [4.69, 9.17) is 13.9 Å². The molecule has 3 aromatic carbocycles. The zero-order valence-electron chi connectivity index (χ0n) is 18.3. The van der Waals surface area contributed by atoms with Gasteiger partial charge in [-0.15, -0.1) is 0 Å². The van der Waals surface area contributed by atoms with Gasteiger partial charge < -0.3 is 19.2 Å². The second kappa shape index (κ2) is 9.56. The molecule has 0 saturated carbocycles. The first-order valence-electron chi connectivity index (χ1n) is 10.6. The topological polar surface area (TPSA) is 94.8 Å². The van der Waals surface area contributed by atoms with E-state index in [9.17, 15) is 14.4 Å². The zero-order chi connectivity index (χ0) is 23.4. The van der Waals surface area contributed by atoms with Crippen molar-refractivity contribution in [3.8, 4) is 5.75 Å². The van der Waals surface area contributed by atoms with Crippen LogP contribution >= 0.6 is 0 Å². The maximum absolute atomic E-state index is 12.7. The van der Waals surface area contributed by atoms with Crippen molar-refractivity contribution >= 4 is 33.8 Å². The number of aryl methyl sites for hydroxylation is 1. The maximum atomic E-state index is 12.7. The first-order valence-corrected chi connectivity index (χ1v) is 10.6. The predicted octanol–water partition coefficient (Wildman–Crippen LogP) is 4.87. The van der Waals surface area contributed by atoms with E-state index in [1.165, 1.54) is 0 Å². The van der Waals surface area contributed by atoms with Gasteiger partial charge in [0, 0.05) is 10.9 Å². The minimum atomic E-state index is -0.896. The molecule has 0 aliphatic heterocycles. The van der Waals surface area contributed by atoms with Crippen molar-refractivity contribution in [3.63, 3.8) is 0 Å². The van der Waals surface area contributed by atoms with E-state index in [1.807, 2.05) is 42.5 Å². The first kappa shape index (κ1) is 22.1. The monoisotopic (exact) mass is 445 g/mol. The average molecular weight is 445 g/mol. The molecule has 1 aromatic heterocycles. The number of hydrogen-bond acceptors (Lipinski definition) is 6. The number of rotatable bonds is 6. The second-order valence-corrected chi connectivity index (χ2v) is 7.59. The molecule has 168 valence electrons. The van der Waals surface area contributed by atoms with Gasteiger partial charge in [-0.1, -0.05) is 55.5 Å². The molecule has 0 aliphatic carbocycles. The Kier molecular flexibility index (Phi) is 6.40. The highest BCUT2D eigenvalue weighted by Gasteiger charge is 2.23. The third-order valence-electron chi connectivity index (χ3n) is 5.40. The summed E-state index contributed by atoms with van der Waals surface area (Å²) in [5.41, 5.74) is 1.25. The van der Waals surface area contributed by atoms with E-state index in [0.29, 0.717) is 23.0 Å². The van der Waals surface area contributed by atoms with Gasteiger partial charge in [0.2, 0.25) is 0 Å². The zero-order valence-corrected chi connectivity index (χ0v) is 18.3. The largest absolute Gasteiger partial charge is 0.445 e. The van der Waals surface area contributed by atoms with Gasteiger partial charge in [-0.05, 0) is 42.5 Å². The highest BCUT2D eigenvalue weighted by molar-refractivity contribution is 6.05. The van der Waals surface area contributed by atoms with Crippen LogP contribution in [-0.2, 0) is 16.1 Å². The van der Waals surface area contributed by atoms with Crippen LogP contribution in [0.2, 0.25) is 0 Å². The minimum Gasteiger partial charge on any atom is -0.445 e. The number of nitrogens with one attached hydrogen (secondary N) is 1. The molecular weight excluding hydrogens is 422 g/mol. The normalized spacial score (nSPS) is 11.8. The van der Waals surface area contributed by atoms with Gasteiger partial charge in [0.05, 0.1) is 5.39 Å². The van der Waals surface area contributed by atoms with Crippen LogP contribution in [0.1, 0.15) is 24.5 Å². The number of hydrogen-bond donors (Lipinski definition) is 1. The Hall–Kier alpha value is -4.13. The number of alkyl carbamates (subject to hydrolysis) is 1. The number of benzene rings is 3. The summed E-state index contributed by atoms with van der Waals surface area (Å²) in [6.07, 6.45) is -0.402. The second-order valence-electron chi connectivity index (χ2n) is 7.59. The number of amides is 1. The molecule has 4 aromatic rings. The number of ether oxygens (including phenoxy) is 2. The lowest BCUT2D eigenvalue weighted by molar-refractivity contribution is -0.136. The molecule has 1 amide bonds. The molecule has 1 atom stereocenters. The molecule has 0 fully saturated rings. The van der Waals surface area contributed by atoms with Crippen molar-refractivity contribution in [3.05, 3.63) is 88.3 Å². The molecule has 0 spiro atoms. The molecular formula is C26H23NO6. The van der Waals surface area contributed by atoms with Gasteiger partial charge in [0.15, 0.2) is 0 Å². The molecule has 1 heterocycles. The van der Waals surface area contributed by atoms with Gasteiger partial charge in [-0.25, -0.2) is 14.4 Å². The van der Waals surface area contributed by atoms with Crippen LogP contribution in [0.3, 0.4) is 0 Å². The summed E-state index contributed by atoms with van der Waals surface area (Å²) >= 11 is 0. The van der Waals surface area contributed by atoms with Gasteiger partial charge >= 0.3 is 17.7 Å². The Morgan fingerprint density at radius 1 is 0.939 bits per heavy atom. The van der Waals surface area contributed by atoms with Gasteiger partial charge in [0.1, 0.15) is 24.0 Å². The molecule has 7 nitrogen and oxygen atoms in total. The van der Waals surface area contributed by atoms with Crippen LogP contribution in [-0.4, -0.2) is 18.1 Å². The van der Waals surface area contributed by atoms with Crippen molar-refractivity contribution in [1.29, 1.82) is 0 Å². The lowest BCUT2D eigenvalue weighted by Crippen LogP contribution is -2.42. The Labute approximate surface area is 189 Å². The molecule has 1 N–H and O–H groups in total. The molecule has 0 unspecified atom stereocenters. The summed E-state index contributed by atoms with van der Waals surface area (Å²) in [7, 11) is 0. The van der Waals surface area contributed by atoms with Crippen molar-refractivity contribution in [2.45, 2.75) is 32.9 Å². The SMILES string of the molecule is CC[C@H](NC(=O)OCc1ccccc1)C(=O)Oc1ccc2c(oc(=O)c3ccccc32)c1C. The lowest BCUT2D eigenvalue weighted by Gasteiger charge is -2.17. The minimum absolute atomic E-state index is 0.0922. The van der Waals surface area contributed by atoms with E-state index in [1.54, 1.807) is 38.1 Å². The average Bonchev–Trinajstić information content (AvgIpc) is 2.84. The van der Waals surface area contributed by atoms with Crippen molar-refractivity contribution in [2.24, 2.45) is 0 Å². The highest BCUT2D eigenvalue weighted by atomic mass is 16.6. The summed E-state index contributed by atoms with van der Waals surface area (Å²) in [4.78, 5) is 37.3. The van der Waals surface area contributed by atoms with E-state index >= 15 is 0 Å². The molecule has 0 radical (unpaired) electrons. The summed E-state index contributed by atoms with van der Waals surface area (Å²) in [6, 6.07) is 18.9. The third kappa shape index (κ3) is 4.72. The summed E-state index contributed by atoms with van der Waals surface area (Å²) < 4.78 is 16.3. The predicted molar refractivity (Wildman–Crippen MR) is 124 cm³/mol. The van der Waals surface area contributed by atoms with Crippen LogP contribution in [0.15, 0.2) is 75.9 Å². The fourth-order valence-corrected chi connectivity index (χ4v) is 3.59. The fraction of sp³-hybridized carbons (Fsp3) is 0.192. The van der Waals surface area contributed by atoms with Crippen molar-refractivity contribution < 1.29 is 23.5 Å². The number of carbonyl (C=O) groups is 2. The summed E-state index contributed by atoms with van der Waals surface area (Å²) in [5, 5.41) is 4.53. The highest BCUT2D eigenvalue weighted by Crippen LogP contribution is 2.31. The first-order chi connectivity index (χ1) is 16.0. The third-order valence-corrected chi connectivity index (χ3v) is 5.40. The Morgan fingerprint density at radius 3 is 2.36 bits per heavy atom. The molecule has 0 aliphatic rings. The maximum Gasteiger partial charge on any atom is 0.408 e. The number of esters is 1. The van der Waals surface area contributed by atoms with Crippen molar-refractivity contribution in [2.75, 3.05) is 0 Å². The van der Waals surface area contributed by atoms with Crippen LogP contribution < -0.4 is 15.7 Å². The van der Waals surface area contributed by atoms with Crippen LogP contribution in [0.25, 0.3) is 21.7 Å².